The van der Waals surface area contributed by atoms with Gasteiger partial charge in [-0.1, -0.05) is 52.9 Å². The number of carbonyl (C=O) groups excluding carboxylic acids is 1. The van der Waals surface area contributed by atoms with Crippen LogP contribution >= 0.6 is 22.6 Å². The van der Waals surface area contributed by atoms with Crippen LogP contribution in [0.1, 0.15) is 23.2 Å². The lowest BCUT2D eigenvalue weighted by Crippen LogP contribution is -2.31. The quantitative estimate of drug-likeness (QED) is 0.424. The van der Waals surface area contributed by atoms with Crippen molar-refractivity contribution >= 4 is 28.4 Å². The molecule has 0 aliphatic rings. The molecule has 0 saturated carbocycles. The largest absolute Gasteiger partial charge is 0.311 e. The first kappa shape index (κ1) is 16.5. The number of ketones is 1. The number of Topliss-reactive ketones (excluding diaryl/α,β-unsaturated/α-hetero) is 1. The summed E-state index contributed by atoms with van der Waals surface area (Å²) < 4.78 is 27.3. The van der Waals surface area contributed by atoms with Crippen molar-refractivity contribution in [3.63, 3.8) is 0 Å². The first-order valence-corrected chi connectivity index (χ1v) is 7.06. The normalized spacial score (nSPS) is 13.8. The molecule has 2 unspecified atom stereocenters. The molecular formula is C14H11F2IN2O. The fourth-order valence-corrected chi connectivity index (χ4v) is 2.30. The number of hydrogen-bond donors (Lipinski definition) is 0. The molecule has 0 N–H and O–H groups in total. The summed E-state index contributed by atoms with van der Waals surface area (Å²) in [5, 5.41) is 17.5. The molecule has 104 valence electrons. The molecule has 0 aromatic heterocycles. The Hall–Kier alpha value is -1.54. The third-order valence-electron chi connectivity index (χ3n) is 2.69. The third kappa shape index (κ3) is 4.53. The predicted molar refractivity (Wildman–Crippen MR) is 77.5 cm³/mol. The van der Waals surface area contributed by atoms with Crippen molar-refractivity contribution in [3.8, 4) is 12.1 Å². The number of carbonyl (C=O) groups is 1. The van der Waals surface area contributed by atoms with Crippen LogP contribution in [0.5, 0.6) is 0 Å². The van der Waals surface area contributed by atoms with Gasteiger partial charge >= 0.3 is 5.92 Å². The van der Waals surface area contributed by atoms with E-state index in [1.165, 1.54) is 24.3 Å². The van der Waals surface area contributed by atoms with Gasteiger partial charge in [0.05, 0.1) is 22.0 Å². The van der Waals surface area contributed by atoms with Gasteiger partial charge in [-0.15, -0.1) is 0 Å². The van der Waals surface area contributed by atoms with Crippen molar-refractivity contribution in [2.45, 2.75) is 22.7 Å². The van der Waals surface area contributed by atoms with E-state index in [4.69, 9.17) is 10.5 Å². The summed E-state index contributed by atoms with van der Waals surface area (Å²) in [5.41, 5.74) is -0.0829. The summed E-state index contributed by atoms with van der Waals surface area (Å²) in [4.78, 5) is 11.7. The minimum atomic E-state index is -3.60. The average molecular weight is 388 g/mol. The van der Waals surface area contributed by atoms with Crippen LogP contribution in [0.2, 0.25) is 0 Å². The average Bonchev–Trinajstić information content (AvgIpc) is 2.46. The van der Waals surface area contributed by atoms with Gasteiger partial charge in [-0.05, 0) is 6.42 Å². The number of benzene rings is 1. The molecule has 0 amide bonds. The summed E-state index contributed by atoms with van der Waals surface area (Å²) in [5.74, 6) is -5.92. The third-order valence-corrected chi connectivity index (χ3v) is 3.47. The van der Waals surface area contributed by atoms with Crippen molar-refractivity contribution in [2.75, 3.05) is 0 Å². The van der Waals surface area contributed by atoms with Crippen LogP contribution in [-0.4, -0.2) is 15.6 Å². The van der Waals surface area contributed by atoms with Gasteiger partial charge in [-0.2, -0.15) is 19.3 Å². The Morgan fingerprint density at radius 3 is 2.35 bits per heavy atom. The first-order chi connectivity index (χ1) is 9.40. The molecule has 0 heterocycles. The van der Waals surface area contributed by atoms with Crippen LogP contribution in [0.15, 0.2) is 30.3 Å². The molecule has 0 aliphatic carbocycles. The van der Waals surface area contributed by atoms with Gasteiger partial charge in [-0.25, -0.2) is 0 Å². The summed E-state index contributed by atoms with van der Waals surface area (Å²) >= 11 is 1.78. The van der Waals surface area contributed by atoms with Gasteiger partial charge in [0.15, 0.2) is 0 Å². The minimum Gasteiger partial charge on any atom is -0.287 e. The van der Waals surface area contributed by atoms with Crippen molar-refractivity contribution in [3.05, 3.63) is 35.9 Å². The molecule has 1 aromatic carbocycles. The number of hydrogen-bond acceptors (Lipinski definition) is 3. The fraction of sp³-hybridized carbons (Fsp3) is 0.357. The first-order valence-electron chi connectivity index (χ1n) is 5.81. The SMILES string of the molecule is N#CC(I)CC(C#N)CC(F)(F)C(=O)c1ccccc1. The van der Waals surface area contributed by atoms with E-state index in [9.17, 15) is 13.6 Å². The number of nitriles is 2. The van der Waals surface area contributed by atoms with Crippen LogP contribution in [0.25, 0.3) is 0 Å². The molecular weight excluding hydrogens is 377 g/mol. The van der Waals surface area contributed by atoms with Crippen molar-refractivity contribution in [1.82, 2.24) is 0 Å². The second-order valence-electron chi connectivity index (χ2n) is 4.26. The summed E-state index contributed by atoms with van der Waals surface area (Å²) in [6.45, 7) is 0. The van der Waals surface area contributed by atoms with Gasteiger partial charge < -0.3 is 0 Å². The standard InChI is InChI=1S/C14H11F2IN2O/c15-14(16,7-10(8-18)6-12(17)9-19)13(20)11-4-2-1-3-5-11/h1-5,10,12H,6-7H2. The van der Waals surface area contributed by atoms with Gasteiger partial charge in [0.25, 0.3) is 0 Å². The highest BCUT2D eigenvalue weighted by Crippen LogP contribution is 2.30. The fourth-order valence-electron chi connectivity index (χ4n) is 1.69. The Morgan fingerprint density at radius 2 is 1.85 bits per heavy atom. The number of nitrogens with zero attached hydrogens (tertiary/aromatic N) is 2. The predicted octanol–water partition coefficient (Wildman–Crippen LogP) is 3.75. The van der Waals surface area contributed by atoms with E-state index in [-0.39, 0.29) is 12.0 Å². The smallest absolute Gasteiger partial charge is 0.287 e. The molecule has 6 heteroatoms. The molecule has 0 aliphatic heterocycles. The van der Waals surface area contributed by atoms with Crippen molar-refractivity contribution < 1.29 is 13.6 Å². The number of alkyl halides is 3. The maximum absolute atomic E-state index is 13.9. The molecule has 0 spiro atoms. The van der Waals surface area contributed by atoms with Gasteiger partial charge in [0.1, 0.15) is 0 Å². The Kier molecular flexibility index (Phi) is 6.03. The summed E-state index contributed by atoms with van der Waals surface area (Å²) in [7, 11) is 0. The van der Waals surface area contributed by atoms with E-state index in [2.05, 4.69) is 0 Å². The van der Waals surface area contributed by atoms with Crippen molar-refractivity contribution in [2.24, 2.45) is 5.92 Å². The highest BCUT2D eigenvalue weighted by atomic mass is 127. The topological polar surface area (TPSA) is 64.7 Å². The zero-order chi connectivity index (χ0) is 15.2. The molecule has 0 fully saturated rings. The Morgan fingerprint density at radius 1 is 1.25 bits per heavy atom. The zero-order valence-electron chi connectivity index (χ0n) is 10.4. The van der Waals surface area contributed by atoms with E-state index in [1.54, 1.807) is 34.7 Å². The van der Waals surface area contributed by atoms with Gasteiger partial charge in [0.2, 0.25) is 5.78 Å². The zero-order valence-corrected chi connectivity index (χ0v) is 12.5. The number of rotatable bonds is 6. The van der Waals surface area contributed by atoms with Crippen LogP contribution in [-0.2, 0) is 0 Å². The van der Waals surface area contributed by atoms with E-state index in [0.29, 0.717) is 0 Å². The molecule has 3 nitrogen and oxygen atoms in total. The van der Waals surface area contributed by atoms with Crippen LogP contribution < -0.4 is 0 Å². The minimum absolute atomic E-state index is 0.0191. The van der Waals surface area contributed by atoms with E-state index in [1.807, 2.05) is 6.07 Å². The second kappa shape index (κ2) is 7.30. The summed E-state index contributed by atoms with van der Waals surface area (Å²) in [6, 6.07) is 10.9. The molecule has 1 aromatic rings. The van der Waals surface area contributed by atoms with E-state index in [0.717, 1.165) is 0 Å². The molecule has 20 heavy (non-hydrogen) atoms. The highest BCUT2D eigenvalue weighted by molar-refractivity contribution is 14.1. The maximum Gasteiger partial charge on any atom is 0.311 e. The van der Waals surface area contributed by atoms with Crippen LogP contribution in [0.3, 0.4) is 0 Å². The number of halogens is 3. The Balaban J connectivity index is 2.81. The maximum atomic E-state index is 13.9. The van der Waals surface area contributed by atoms with E-state index < -0.39 is 28.0 Å². The van der Waals surface area contributed by atoms with Crippen LogP contribution in [0, 0.1) is 28.6 Å². The van der Waals surface area contributed by atoms with Crippen LogP contribution in [0.4, 0.5) is 8.78 Å². The molecule has 0 bridgehead atoms. The molecule has 2 atom stereocenters. The Bertz CT molecular complexity index is 549. The van der Waals surface area contributed by atoms with E-state index >= 15 is 0 Å². The lowest BCUT2D eigenvalue weighted by Gasteiger charge is -2.18. The van der Waals surface area contributed by atoms with Gasteiger partial charge in [0, 0.05) is 12.0 Å². The second-order valence-corrected chi connectivity index (χ2v) is 5.77. The molecule has 1 rings (SSSR count). The lowest BCUT2D eigenvalue weighted by molar-refractivity contribution is -0.00163. The summed E-state index contributed by atoms with van der Waals surface area (Å²) in [6.07, 6.45) is -0.844. The lowest BCUT2D eigenvalue weighted by atomic mass is 9.93. The Labute approximate surface area is 129 Å². The molecule has 0 radical (unpaired) electrons. The molecule has 0 saturated heterocycles. The monoisotopic (exact) mass is 388 g/mol. The van der Waals surface area contributed by atoms with Gasteiger partial charge in [-0.3, -0.25) is 4.79 Å². The highest BCUT2D eigenvalue weighted by Gasteiger charge is 2.41. The van der Waals surface area contributed by atoms with Crippen molar-refractivity contribution in [1.29, 1.82) is 10.5 Å².